The van der Waals surface area contributed by atoms with E-state index < -0.39 is 11.2 Å². The summed E-state index contributed by atoms with van der Waals surface area (Å²) in [4.78, 5) is 0. The summed E-state index contributed by atoms with van der Waals surface area (Å²) in [6.45, 7) is 6.02. The Morgan fingerprint density at radius 3 is 2.74 bits per heavy atom. The van der Waals surface area contributed by atoms with Crippen molar-refractivity contribution in [3.8, 4) is 0 Å². The van der Waals surface area contributed by atoms with Crippen LogP contribution in [-0.2, 0) is 10.3 Å². The van der Waals surface area contributed by atoms with E-state index in [9.17, 15) is 5.11 Å². The van der Waals surface area contributed by atoms with Gasteiger partial charge in [-0.3, -0.25) is 0 Å². The van der Waals surface area contributed by atoms with Crippen LogP contribution in [0.1, 0.15) is 33.6 Å². The van der Waals surface area contributed by atoms with Crippen LogP contribution in [0.4, 0.5) is 0 Å². The first-order valence-corrected chi connectivity index (χ1v) is 6.78. The average molecular weight is 261 g/mol. The smallest absolute Gasteiger partial charge is 0.101 e. The fraction of sp³-hybridized carbons (Fsp3) is 0.529. The van der Waals surface area contributed by atoms with Crippen LogP contribution in [0.2, 0.25) is 0 Å². The second kappa shape index (κ2) is 5.10. The molecule has 0 aromatic heterocycles. The molecule has 104 valence electrons. The Morgan fingerprint density at radius 2 is 2.21 bits per heavy atom. The lowest BCUT2D eigenvalue weighted by Crippen LogP contribution is -2.43. The van der Waals surface area contributed by atoms with Crippen LogP contribution in [0.5, 0.6) is 0 Å². The second-order valence-corrected chi connectivity index (χ2v) is 5.58. The summed E-state index contributed by atoms with van der Waals surface area (Å²) in [5, 5.41) is 11.0. The number of hydrogen-bond acceptors (Lipinski definition) is 2. The highest BCUT2D eigenvalue weighted by atomic mass is 16.5. The number of methoxy groups -OCH3 is 1. The number of rotatable bonds is 4. The van der Waals surface area contributed by atoms with Gasteiger partial charge in [0, 0.05) is 14.4 Å². The van der Waals surface area contributed by atoms with Crippen LogP contribution >= 0.6 is 0 Å². The molecule has 0 spiro atoms. The topological polar surface area (TPSA) is 29.5 Å². The highest BCUT2D eigenvalue weighted by Gasteiger charge is 2.58. The van der Waals surface area contributed by atoms with E-state index in [0.29, 0.717) is 12.8 Å². The number of benzene rings is 1. The third-order valence-electron chi connectivity index (χ3n) is 4.72. The average Bonchev–Trinajstić information content (AvgIpc) is 2.69. The van der Waals surface area contributed by atoms with E-state index in [0.717, 1.165) is 5.56 Å². The maximum Gasteiger partial charge on any atom is 0.101 e. The van der Waals surface area contributed by atoms with Crippen molar-refractivity contribution in [1.82, 2.24) is 0 Å². The SMILES string of the molecule is [2H]C[C@H]1C[C@](O)(CC=C)[C@@H](C)[C@]1(OC)c1ccccc1. The number of hydrogen-bond donors (Lipinski definition) is 1. The van der Waals surface area contributed by atoms with E-state index in [4.69, 9.17) is 6.11 Å². The molecular formula is C17H24O2. The van der Waals surface area contributed by atoms with Gasteiger partial charge in [0.25, 0.3) is 0 Å². The molecule has 0 aliphatic heterocycles. The van der Waals surface area contributed by atoms with Gasteiger partial charge < -0.3 is 9.84 Å². The van der Waals surface area contributed by atoms with Crippen molar-refractivity contribution in [3.63, 3.8) is 0 Å². The summed E-state index contributed by atoms with van der Waals surface area (Å²) in [5.74, 6) is -0.106. The minimum Gasteiger partial charge on any atom is -0.389 e. The van der Waals surface area contributed by atoms with Gasteiger partial charge in [-0.25, -0.2) is 0 Å². The van der Waals surface area contributed by atoms with Crippen molar-refractivity contribution in [1.29, 1.82) is 0 Å². The molecule has 2 heteroatoms. The molecule has 2 nitrogen and oxygen atoms in total. The Bertz CT molecular complexity index is 461. The van der Waals surface area contributed by atoms with E-state index in [1.807, 2.05) is 37.3 Å². The van der Waals surface area contributed by atoms with Gasteiger partial charge in [0.05, 0.1) is 5.60 Å². The lowest BCUT2D eigenvalue weighted by Gasteiger charge is -2.39. The van der Waals surface area contributed by atoms with Gasteiger partial charge in [0.2, 0.25) is 0 Å². The van der Waals surface area contributed by atoms with Crippen LogP contribution in [0.25, 0.3) is 0 Å². The highest BCUT2D eigenvalue weighted by molar-refractivity contribution is 5.29. The van der Waals surface area contributed by atoms with Gasteiger partial charge in [0.15, 0.2) is 0 Å². The molecule has 1 aliphatic carbocycles. The van der Waals surface area contributed by atoms with Crippen LogP contribution in [0.3, 0.4) is 0 Å². The quantitative estimate of drug-likeness (QED) is 0.840. The molecular weight excluding hydrogens is 236 g/mol. The van der Waals surface area contributed by atoms with Crippen molar-refractivity contribution < 1.29 is 11.2 Å². The van der Waals surface area contributed by atoms with Crippen LogP contribution in [0.15, 0.2) is 43.0 Å². The fourth-order valence-corrected chi connectivity index (χ4v) is 3.66. The molecule has 0 unspecified atom stereocenters. The Kier molecular flexibility index (Phi) is 3.46. The lowest BCUT2D eigenvalue weighted by molar-refractivity contribution is -0.105. The first-order chi connectivity index (χ1) is 9.55. The molecule has 1 aliphatic rings. The number of aliphatic hydroxyl groups is 1. The maximum atomic E-state index is 11.0. The molecule has 1 saturated carbocycles. The lowest BCUT2D eigenvalue weighted by atomic mass is 9.76. The Morgan fingerprint density at radius 1 is 1.53 bits per heavy atom. The first-order valence-electron chi connectivity index (χ1n) is 7.49. The molecule has 1 N–H and O–H groups in total. The molecule has 0 saturated heterocycles. The first kappa shape index (κ1) is 12.9. The molecule has 19 heavy (non-hydrogen) atoms. The molecule has 0 heterocycles. The molecule has 1 fully saturated rings. The summed E-state index contributed by atoms with van der Waals surface area (Å²) >= 11 is 0. The Balaban J connectivity index is 2.52. The minimum atomic E-state index is -0.848. The summed E-state index contributed by atoms with van der Waals surface area (Å²) in [6, 6.07) is 9.99. The zero-order valence-corrected chi connectivity index (χ0v) is 11.8. The van der Waals surface area contributed by atoms with Crippen molar-refractivity contribution in [2.45, 2.75) is 37.9 Å². The normalized spacial score (nSPS) is 39.0. The molecule has 2 rings (SSSR count). The predicted octanol–water partition coefficient (Wildman–Crippen LogP) is 3.51. The zero-order chi connectivity index (χ0) is 14.8. The third-order valence-corrected chi connectivity index (χ3v) is 4.72. The fourth-order valence-electron chi connectivity index (χ4n) is 3.66. The highest BCUT2D eigenvalue weighted by Crippen LogP contribution is 2.55. The van der Waals surface area contributed by atoms with Gasteiger partial charge in [-0.2, -0.15) is 0 Å². The summed E-state index contributed by atoms with van der Waals surface area (Å²) in [5.41, 5.74) is -0.396. The van der Waals surface area contributed by atoms with Crippen molar-refractivity contribution in [3.05, 3.63) is 48.6 Å². The van der Waals surface area contributed by atoms with E-state index >= 15 is 0 Å². The maximum absolute atomic E-state index is 11.0. The Hall–Kier alpha value is -1.12. The molecule has 4 atom stereocenters. The molecule has 1 aromatic carbocycles. The van der Waals surface area contributed by atoms with Gasteiger partial charge in [-0.15, -0.1) is 6.58 Å². The molecule has 0 bridgehead atoms. The van der Waals surface area contributed by atoms with Crippen molar-refractivity contribution in [2.24, 2.45) is 11.8 Å². The van der Waals surface area contributed by atoms with E-state index in [1.54, 1.807) is 13.2 Å². The van der Waals surface area contributed by atoms with Gasteiger partial charge in [-0.05, 0) is 24.3 Å². The largest absolute Gasteiger partial charge is 0.389 e. The van der Waals surface area contributed by atoms with Crippen LogP contribution in [-0.4, -0.2) is 17.8 Å². The molecule has 0 amide bonds. The summed E-state index contributed by atoms with van der Waals surface area (Å²) in [6.07, 6.45) is 2.86. The van der Waals surface area contributed by atoms with E-state index in [2.05, 4.69) is 6.58 Å². The molecule has 1 aromatic rings. The van der Waals surface area contributed by atoms with Crippen molar-refractivity contribution >= 4 is 0 Å². The van der Waals surface area contributed by atoms with Gasteiger partial charge >= 0.3 is 0 Å². The van der Waals surface area contributed by atoms with Gasteiger partial charge in [0.1, 0.15) is 5.60 Å². The van der Waals surface area contributed by atoms with Crippen LogP contribution in [0, 0.1) is 11.8 Å². The standard InChI is InChI=1S/C17H24O2/c1-5-11-16(18)12-13(2)17(19-4,14(16)3)15-9-7-6-8-10-15/h5-10,13-14,18H,1,11-12H2,2-4H3/t13-,14+,16+,17-/m0/s1/i2D. The van der Waals surface area contributed by atoms with Gasteiger partial charge in [-0.1, -0.05) is 50.2 Å². The van der Waals surface area contributed by atoms with E-state index in [-0.39, 0.29) is 18.7 Å². The monoisotopic (exact) mass is 261 g/mol. The second-order valence-electron chi connectivity index (χ2n) is 5.58. The predicted molar refractivity (Wildman–Crippen MR) is 77.8 cm³/mol. The number of ether oxygens (including phenoxy) is 1. The third kappa shape index (κ3) is 2.03. The molecule has 0 radical (unpaired) electrons. The summed E-state index contributed by atoms with van der Waals surface area (Å²) < 4.78 is 13.8. The zero-order valence-electron chi connectivity index (χ0n) is 12.8. The van der Waals surface area contributed by atoms with Crippen LogP contribution < -0.4 is 0 Å². The minimum absolute atomic E-state index is 0.0187. The van der Waals surface area contributed by atoms with Crippen molar-refractivity contribution in [2.75, 3.05) is 7.11 Å². The summed E-state index contributed by atoms with van der Waals surface area (Å²) in [7, 11) is 1.69. The Labute approximate surface area is 117 Å². The van der Waals surface area contributed by atoms with E-state index in [1.165, 1.54) is 0 Å².